The number of pyridine rings is 1. The molecule has 0 unspecified atom stereocenters. The van der Waals surface area contributed by atoms with Crippen LogP contribution in [0.4, 0.5) is 15.8 Å². The van der Waals surface area contributed by atoms with E-state index in [1.165, 1.54) is 12.1 Å². The number of anilines is 2. The smallest absolute Gasteiger partial charge is 0.234 e. The van der Waals surface area contributed by atoms with Crippen LogP contribution in [-0.2, 0) is 15.9 Å². The van der Waals surface area contributed by atoms with Crippen LogP contribution in [0.1, 0.15) is 0 Å². The van der Waals surface area contributed by atoms with E-state index in [2.05, 4.69) is 5.32 Å². The van der Waals surface area contributed by atoms with Gasteiger partial charge in [0.25, 0.3) is 0 Å². The Balaban J connectivity index is 0.00000256. The standard InChI is InChI=1S/C22H17FN2O2S2.ClH/c1-25-15-21(28-29(26,27)18-7-3-2-4-8-18)22(19-9-5-6-10-20(19)25)24-17-13-11-16(23)12-14-17;/h2-15H,1H3;1H. The first-order valence-corrected chi connectivity index (χ1v) is 11.7. The molecule has 154 valence electrons. The normalized spacial score (nSPS) is 11.1. The van der Waals surface area contributed by atoms with Gasteiger partial charge < -0.3 is 17.7 Å². The molecule has 0 saturated heterocycles. The fourth-order valence-corrected chi connectivity index (χ4v) is 6.04. The lowest BCUT2D eigenvalue weighted by molar-refractivity contribution is -0.646. The van der Waals surface area contributed by atoms with Crippen LogP contribution in [-0.4, -0.2) is 8.42 Å². The number of aromatic nitrogens is 1. The molecule has 0 fully saturated rings. The minimum atomic E-state index is -3.62. The van der Waals surface area contributed by atoms with Crippen LogP contribution < -0.4 is 22.3 Å². The summed E-state index contributed by atoms with van der Waals surface area (Å²) in [6.07, 6.45) is 1.79. The molecule has 4 rings (SSSR count). The summed E-state index contributed by atoms with van der Waals surface area (Å²) in [7, 11) is -0.947. The van der Waals surface area contributed by atoms with Crippen molar-refractivity contribution in [1.29, 1.82) is 0 Å². The molecule has 8 heteroatoms. The van der Waals surface area contributed by atoms with Gasteiger partial charge in [0.2, 0.25) is 14.4 Å². The third-order valence-corrected chi connectivity index (χ3v) is 7.79. The van der Waals surface area contributed by atoms with Gasteiger partial charge in [0.1, 0.15) is 17.8 Å². The second kappa shape index (κ2) is 9.04. The van der Waals surface area contributed by atoms with Crippen molar-refractivity contribution in [2.24, 2.45) is 7.05 Å². The van der Waals surface area contributed by atoms with Gasteiger partial charge in [-0.2, -0.15) is 4.57 Å². The van der Waals surface area contributed by atoms with Crippen LogP contribution in [0.25, 0.3) is 10.9 Å². The lowest BCUT2D eigenvalue weighted by Gasteiger charge is -2.14. The summed E-state index contributed by atoms with van der Waals surface area (Å²) in [4.78, 5) is 0.799. The van der Waals surface area contributed by atoms with Gasteiger partial charge in [-0.25, -0.2) is 12.8 Å². The van der Waals surface area contributed by atoms with Crippen molar-refractivity contribution in [3.63, 3.8) is 0 Å². The first kappa shape index (κ1) is 22.1. The molecule has 1 aromatic heterocycles. The summed E-state index contributed by atoms with van der Waals surface area (Å²) in [6, 6.07) is 22.0. The molecule has 30 heavy (non-hydrogen) atoms. The molecule has 0 aliphatic rings. The number of hydrogen-bond acceptors (Lipinski definition) is 4. The first-order valence-electron chi connectivity index (χ1n) is 8.87. The van der Waals surface area contributed by atoms with E-state index in [4.69, 9.17) is 0 Å². The number of benzene rings is 3. The van der Waals surface area contributed by atoms with Crippen LogP contribution in [0.15, 0.2) is 94.9 Å². The quantitative estimate of drug-likeness (QED) is 0.366. The maximum absolute atomic E-state index is 13.3. The molecule has 1 heterocycles. The summed E-state index contributed by atoms with van der Waals surface area (Å²) >= 11 is 0. The molecular weight excluding hydrogens is 443 g/mol. The number of nitrogens with zero attached hydrogens (tertiary/aromatic N) is 1. The Morgan fingerprint density at radius 3 is 2.23 bits per heavy atom. The highest BCUT2D eigenvalue weighted by atomic mass is 35.5. The van der Waals surface area contributed by atoms with E-state index in [0.717, 1.165) is 21.7 Å². The fourth-order valence-electron chi connectivity index (χ4n) is 3.06. The molecule has 3 aromatic carbocycles. The Labute approximate surface area is 184 Å². The Morgan fingerprint density at radius 1 is 0.900 bits per heavy atom. The van der Waals surface area contributed by atoms with Crippen molar-refractivity contribution in [3.8, 4) is 0 Å². The van der Waals surface area contributed by atoms with Crippen LogP contribution in [0.2, 0.25) is 0 Å². The lowest BCUT2D eigenvalue weighted by atomic mass is 10.1. The molecule has 0 amide bonds. The topological polar surface area (TPSA) is 50.0 Å². The van der Waals surface area contributed by atoms with Gasteiger partial charge in [-0.15, -0.1) is 0 Å². The SMILES string of the molecule is C[n+]1cc(SS(=O)(=O)c2ccccc2)c(Nc2ccc(F)cc2)c2ccccc21.[Cl-]. The molecule has 0 atom stereocenters. The van der Waals surface area contributed by atoms with Crippen LogP contribution in [0.3, 0.4) is 0 Å². The second-order valence-electron chi connectivity index (χ2n) is 6.48. The molecule has 4 aromatic rings. The number of nitrogens with one attached hydrogen (secondary N) is 1. The highest BCUT2D eigenvalue weighted by Gasteiger charge is 2.24. The van der Waals surface area contributed by atoms with Gasteiger partial charge in [-0.3, -0.25) is 0 Å². The van der Waals surface area contributed by atoms with Crippen molar-refractivity contribution in [1.82, 2.24) is 0 Å². The Morgan fingerprint density at radius 2 is 1.53 bits per heavy atom. The molecule has 1 N–H and O–H groups in total. The Hall–Kier alpha value is -2.61. The van der Waals surface area contributed by atoms with Crippen LogP contribution >= 0.6 is 10.8 Å². The van der Waals surface area contributed by atoms with E-state index in [1.807, 2.05) is 35.9 Å². The van der Waals surface area contributed by atoms with Gasteiger partial charge in [0.05, 0.1) is 16.0 Å². The zero-order valence-corrected chi connectivity index (χ0v) is 18.3. The largest absolute Gasteiger partial charge is 1.00 e. The van der Waals surface area contributed by atoms with E-state index in [-0.39, 0.29) is 23.1 Å². The zero-order valence-electron chi connectivity index (χ0n) is 15.9. The predicted octanol–water partition coefficient (Wildman–Crippen LogP) is 2.03. The molecule has 0 radical (unpaired) electrons. The first-order chi connectivity index (χ1) is 13.9. The van der Waals surface area contributed by atoms with Crippen molar-refractivity contribution in [3.05, 3.63) is 90.9 Å². The summed E-state index contributed by atoms with van der Waals surface area (Å²) in [5, 5.41) is 4.15. The van der Waals surface area contributed by atoms with E-state index >= 15 is 0 Å². The van der Waals surface area contributed by atoms with Gasteiger partial charge >= 0.3 is 0 Å². The second-order valence-corrected chi connectivity index (χ2v) is 10.3. The average Bonchev–Trinajstić information content (AvgIpc) is 2.73. The Kier molecular flexibility index (Phi) is 6.65. The number of para-hydroxylation sites is 1. The summed E-state index contributed by atoms with van der Waals surface area (Å²) < 4.78 is 41.2. The minimum absolute atomic E-state index is 0. The number of hydrogen-bond donors (Lipinski definition) is 1. The molecule has 0 aliphatic carbocycles. The Bertz CT molecular complexity index is 1280. The van der Waals surface area contributed by atoms with Crippen molar-refractivity contribution >= 4 is 41.9 Å². The van der Waals surface area contributed by atoms with E-state index in [1.54, 1.807) is 48.7 Å². The highest BCUT2D eigenvalue weighted by molar-refractivity contribution is 8.72. The van der Waals surface area contributed by atoms with E-state index < -0.39 is 8.87 Å². The van der Waals surface area contributed by atoms with Crippen molar-refractivity contribution in [2.45, 2.75) is 9.79 Å². The maximum atomic E-state index is 13.3. The maximum Gasteiger partial charge on any atom is 0.234 e. The third-order valence-electron chi connectivity index (χ3n) is 4.46. The van der Waals surface area contributed by atoms with E-state index in [0.29, 0.717) is 16.3 Å². The number of rotatable bonds is 5. The third kappa shape index (κ3) is 4.59. The zero-order chi connectivity index (χ0) is 20.4. The minimum Gasteiger partial charge on any atom is -1.00 e. The van der Waals surface area contributed by atoms with Crippen molar-refractivity contribution in [2.75, 3.05) is 5.32 Å². The molecular formula is C22H18ClFN2O2S2. The number of fused-ring (bicyclic) bond motifs is 1. The number of halogens is 2. The summed E-state index contributed by atoms with van der Waals surface area (Å²) in [5.41, 5.74) is 2.28. The fraction of sp³-hybridized carbons (Fsp3) is 0.0455. The molecule has 0 spiro atoms. The predicted molar refractivity (Wildman–Crippen MR) is 114 cm³/mol. The summed E-state index contributed by atoms with van der Waals surface area (Å²) in [5.74, 6) is -0.332. The van der Waals surface area contributed by atoms with Gasteiger partial charge in [0, 0.05) is 22.5 Å². The molecule has 4 nitrogen and oxygen atoms in total. The van der Waals surface area contributed by atoms with Crippen LogP contribution in [0.5, 0.6) is 0 Å². The van der Waals surface area contributed by atoms with E-state index in [9.17, 15) is 12.8 Å². The summed E-state index contributed by atoms with van der Waals surface area (Å²) in [6.45, 7) is 0. The average molecular weight is 461 g/mol. The van der Waals surface area contributed by atoms with Gasteiger partial charge in [-0.1, -0.05) is 30.3 Å². The monoisotopic (exact) mass is 460 g/mol. The molecule has 0 saturated carbocycles. The van der Waals surface area contributed by atoms with Crippen molar-refractivity contribution < 1.29 is 29.8 Å². The van der Waals surface area contributed by atoms with Gasteiger partial charge in [0.15, 0.2) is 6.20 Å². The lowest BCUT2D eigenvalue weighted by Crippen LogP contribution is -3.00. The van der Waals surface area contributed by atoms with Gasteiger partial charge in [-0.05, 0) is 42.5 Å². The molecule has 0 bridgehead atoms. The number of aryl methyl sites for hydroxylation is 1. The molecule has 0 aliphatic heterocycles. The van der Waals surface area contributed by atoms with Crippen LogP contribution in [0, 0.1) is 5.82 Å². The highest BCUT2D eigenvalue weighted by Crippen LogP contribution is 2.39.